The van der Waals surface area contributed by atoms with Crippen LogP contribution in [0.3, 0.4) is 0 Å². The third-order valence-electron chi connectivity index (χ3n) is 1.85. The maximum absolute atomic E-state index is 11.0. The van der Waals surface area contributed by atoms with Gasteiger partial charge in [0.2, 0.25) is 0 Å². The zero-order valence-electron chi connectivity index (χ0n) is 7.73. The van der Waals surface area contributed by atoms with Crippen molar-refractivity contribution in [3.05, 3.63) is 36.5 Å². The molecule has 0 spiro atoms. The van der Waals surface area contributed by atoms with Crippen LogP contribution in [0.4, 0.5) is 0 Å². The van der Waals surface area contributed by atoms with Crippen LogP contribution >= 0.6 is 11.8 Å². The molecule has 0 bridgehead atoms. The number of pyridine rings is 1. The third kappa shape index (κ3) is 1.77. The molecule has 0 N–H and O–H groups in total. The van der Waals surface area contributed by atoms with Gasteiger partial charge in [-0.2, -0.15) is 0 Å². The fourth-order valence-electron chi connectivity index (χ4n) is 1.31. The lowest BCUT2D eigenvalue weighted by Crippen LogP contribution is -1.85. The van der Waals surface area contributed by atoms with E-state index >= 15 is 0 Å². The number of benzene rings is 1. The molecule has 0 aliphatic heterocycles. The van der Waals surface area contributed by atoms with Gasteiger partial charge in [0.05, 0.1) is 5.52 Å². The SMILES string of the molecule is CC(=O)Sc1cccc2cccnc12. The number of hydrogen-bond donors (Lipinski definition) is 0. The molecule has 2 rings (SSSR count). The van der Waals surface area contributed by atoms with Crippen molar-refractivity contribution in [3.63, 3.8) is 0 Å². The van der Waals surface area contributed by atoms with Gasteiger partial charge in [-0.25, -0.2) is 0 Å². The minimum Gasteiger partial charge on any atom is -0.287 e. The van der Waals surface area contributed by atoms with Gasteiger partial charge in [0.1, 0.15) is 0 Å². The first-order chi connectivity index (χ1) is 6.77. The summed E-state index contributed by atoms with van der Waals surface area (Å²) in [6, 6.07) is 9.74. The van der Waals surface area contributed by atoms with Gasteiger partial charge in [0.15, 0.2) is 5.12 Å². The number of fused-ring (bicyclic) bond motifs is 1. The molecular formula is C11H9NOS. The Hall–Kier alpha value is -1.35. The predicted molar refractivity (Wildman–Crippen MR) is 58.3 cm³/mol. The number of hydrogen-bond acceptors (Lipinski definition) is 3. The molecule has 0 fully saturated rings. The second-order valence-corrected chi connectivity index (χ2v) is 4.14. The molecule has 0 amide bonds. The topological polar surface area (TPSA) is 30.0 Å². The van der Waals surface area contributed by atoms with Crippen molar-refractivity contribution in [1.29, 1.82) is 0 Å². The van der Waals surface area contributed by atoms with Crippen molar-refractivity contribution in [2.75, 3.05) is 0 Å². The van der Waals surface area contributed by atoms with Gasteiger partial charge in [0, 0.05) is 23.4 Å². The summed E-state index contributed by atoms with van der Waals surface area (Å²) in [5, 5.41) is 1.15. The summed E-state index contributed by atoms with van der Waals surface area (Å²) in [4.78, 5) is 16.2. The van der Waals surface area contributed by atoms with E-state index in [9.17, 15) is 4.79 Å². The largest absolute Gasteiger partial charge is 0.287 e. The van der Waals surface area contributed by atoms with E-state index in [0.717, 1.165) is 15.8 Å². The van der Waals surface area contributed by atoms with E-state index in [-0.39, 0.29) is 5.12 Å². The van der Waals surface area contributed by atoms with Crippen LogP contribution in [0.2, 0.25) is 0 Å². The van der Waals surface area contributed by atoms with E-state index in [1.54, 1.807) is 13.1 Å². The molecular weight excluding hydrogens is 194 g/mol. The average molecular weight is 203 g/mol. The molecule has 2 aromatic rings. The Morgan fingerprint density at radius 3 is 2.86 bits per heavy atom. The van der Waals surface area contributed by atoms with Crippen molar-refractivity contribution >= 4 is 27.8 Å². The number of aromatic nitrogens is 1. The number of nitrogens with zero attached hydrogens (tertiary/aromatic N) is 1. The summed E-state index contributed by atoms with van der Waals surface area (Å²) in [6.45, 7) is 1.56. The molecule has 1 aromatic heterocycles. The summed E-state index contributed by atoms with van der Waals surface area (Å²) in [6.07, 6.45) is 1.74. The molecule has 0 atom stereocenters. The highest BCUT2D eigenvalue weighted by Gasteiger charge is 2.04. The fourth-order valence-corrected chi connectivity index (χ4v) is 2.04. The van der Waals surface area contributed by atoms with E-state index in [2.05, 4.69) is 4.98 Å². The first-order valence-corrected chi connectivity index (χ1v) is 5.11. The highest BCUT2D eigenvalue weighted by molar-refractivity contribution is 8.13. The van der Waals surface area contributed by atoms with Crippen LogP contribution in [0.15, 0.2) is 41.4 Å². The van der Waals surface area contributed by atoms with Crippen molar-refractivity contribution in [2.45, 2.75) is 11.8 Å². The smallest absolute Gasteiger partial charge is 0.190 e. The Labute approximate surface area is 86.3 Å². The molecule has 0 saturated carbocycles. The number of thioether (sulfide) groups is 1. The fraction of sp³-hybridized carbons (Fsp3) is 0.0909. The van der Waals surface area contributed by atoms with Crippen LogP contribution in [-0.4, -0.2) is 10.1 Å². The van der Waals surface area contributed by atoms with Crippen LogP contribution in [0.25, 0.3) is 10.9 Å². The number of carbonyl (C=O) groups is 1. The lowest BCUT2D eigenvalue weighted by atomic mass is 10.2. The van der Waals surface area contributed by atoms with Crippen LogP contribution in [0.1, 0.15) is 6.92 Å². The van der Waals surface area contributed by atoms with Crippen LogP contribution in [0, 0.1) is 0 Å². The molecule has 1 heterocycles. The quantitative estimate of drug-likeness (QED) is 0.667. The van der Waals surface area contributed by atoms with Crippen LogP contribution < -0.4 is 0 Å². The molecule has 1 aromatic carbocycles. The number of carbonyl (C=O) groups excluding carboxylic acids is 1. The van der Waals surface area contributed by atoms with Gasteiger partial charge in [0.25, 0.3) is 0 Å². The highest BCUT2D eigenvalue weighted by Crippen LogP contribution is 2.26. The molecule has 0 aliphatic carbocycles. The monoisotopic (exact) mass is 203 g/mol. The van der Waals surface area contributed by atoms with E-state index in [0.29, 0.717) is 0 Å². The Morgan fingerprint density at radius 1 is 1.29 bits per heavy atom. The van der Waals surface area contributed by atoms with Crippen molar-refractivity contribution in [2.24, 2.45) is 0 Å². The Morgan fingerprint density at radius 2 is 2.07 bits per heavy atom. The zero-order valence-corrected chi connectivity index (χ0v) is 8.54. The summed E-state index contributed by atoms with van der Waals surface area (Å²) in [5.41, 5.74) is 0.898. The van der Waals surface area contributed by atoms with E-state index in [4.69, 9.17) is 0 Å². The molecule has 2 nitrogen and oxygen atoms in total. The molecule has 0 aliphatic rings. The third-order valence-corrected chi connectivity index (χ3v) is 2.69. The van der Waals surface area contributed by atoms with Crippen LogP contribution in [0.5, 0.6) is 0 Å². The molecule has 3 heteroatoms. The highest BCUT2D eigenvalue weighted by atomic mass is 32.2. The van der Waals surface area contributed by atoms with E-state index in [1.165, 1.54) is 11.8 Å². The maximum atomic E-state index is 11.0. The standard InChI is InChI=1S/C11H9NOS/c1-8(13)14-10-6-2-4-9-5-3-7-12-11(9)10/h2-7H,1H3. The van der Waals surface area contributed by atoms with Crippen molar-refractivity contribution < 1.29 is 4.79 Å². The lowest BCUT2D eigenvalue weighted by molar-refractivity contribution is -0.109. The normalized spacial score (nSPS) is 10.4. The van der Waals surface area contributed by atoms with Gasteiger partial charge in [-0.15, -0.1) is 0 Å². The van der Waals surface area contributed by atoms with Gasteiger partial charge < -0.3 is 0 Å². The van der Waals surface area contributed by atoms with Crippen LogP contribution in [-0.2, 0) is 4.79 Å². The zero-order chi connectivity index (χ0) is 9.97. The molecule has 14 heavy (non-hydrogen) atoms. The van der Waals surface area contributed by atoms with Crippen molar-refractivity contribution in [3.8, 4) is 0 Å². The van der Waals surface area contributed by atoms with Gasteiger partial charge >= 0.3 is 0 Å². The molecule has 0 saturated heterocycles. The second-order valence-electron chi connectivity index (χ2n) is 2.92. The Kier molecular flexibility index (Phi) is 2.50. The van der Waals surface area contributed by atoms with Crippen molar-refractivity contribution in [1.82, 2.24) is 4.98 Å². The van der Waals surface area contributed by atoms with E-state index in [1.807, 2.05) is 30.3 Å². The Balaban J connectivity index is 2.59. The summed E-state index contributed by atoms with van der Waals surface area (Å²) >= 11 is 1.23. The molecule has 70 valence electrons. The summed E-state index contributed by atoms with van der Waals surface area (Å²) in [7, 11) is 0. The second kappa shape index (κ2) is 3.80. The minimum absolute atomic E-state index is 0.0863. The first kappa shape index (κ1) is 9.21. The lowest BCUT2D eigenvalue weighted by Gasteiger charge is -2.01. The van der Waals surface area contributed by atoms with Gasteiger partial charge in [-0.3, -0.25) is 9.78 Å². The summed E-state index contributed by atoms with van der Waals surface area (Å²) < 4.78 is 0. The number of rotatable bonds is 1. The van der Waals surface area contributed by atoms with E-state index < -0.39 is 0 Å². The van der Waals surface area contributed by atoms with Gasteiger partial charge in [-0.1, -0.05) is 18.2 Å². The predicted octanol–water partition coefficient (Wildman–Crippen LogP) is 2.87. The molecule has 0 radical (unpaired) electrons. The first-order valence-electron chi connectivity index (χ1n) is 4.29. The minimum atomic E-state index is 0.0863. The van der Waals surface area contributed by atoms with Gasteiger partial charge in [-0.05, 0) is 23.9 Å². The number of para-hydroxylation sites is 1. The average Bonchev–Trinajstić information content (AvgIpc) is 2.18. The summed E-state index contributed by atoms with van der Waals surface area (Å²) in [5.74, 6) is 0. The molecule has 0 unspecified atom stereocenters. The Bertz CT molecular complexity index is 476. The maximum Gasteiger partial charge on any atom is 0.190 e.